The van der Waals surface area contributed by atoms with Crippen molar-refractivity contribution in [3.05, 3.63) is 65.0 Å². The zero-order valence-electron chi connectivity index (χ0n) is 27.5. The van der Waals surface area contributed by atoms with Gasteiger partial charge in [0.15, 0.2) is 0 Å². The topological polar surface area (TPSA) is 135 Å². The minimum absolute atomic E-state index is 0.0439. The van der Waals surface area contributed by atoms with E-state index in [1.54, 1.807) is 24.8 Å². The fraction of sp³-hybridized carbons (Fsp3) is 0.514. The van der Waals surface area contributed by atoms with Gasteiger partial charge in [0.05, 0.1) is 17.3 Å². The van der Waals surface area contributed by atoms with Crippen LogP contribution in [0.2, 0.25) is 0 Å². The van der Waals surface area contributed by atoms with E-state index < -0.39 is 53.0 Å². The summed E-state index contributed by atoms with van der Waals surface area (Å²) >= 11 is 0. The van der Waals surface area contributed by atoms with Gasteiger partial charge in [-0.05, 0) is 55.6 Å². The van der Waals surface area contributed by atoms with E-state index in [2.05, 4.69) is 20.9 Å². The predicted octanol–water partition coefficient (Wildman–Crippen LogP) is 4.27. The van der Waals surface area contributed by atoms with E-state index in [1.807, 2.05) is 7.05 Å². The maximum Gasteiger partial charge on any atom is 0.349 e. The van der Waals surface area contributed by atoms with E-state index in [0.717, 1.165) is 31.4 Å². The Morgan fingerprint density at radius 3 is 2.31 bits per heavy atom. The molecule has 1 aliphatic heterocycles. The third kappa shape index (κ3) is 8.72. The number of hydrogen-bond donors (Lipinski definition) is 3. The van der Waals surface area contributed by atoms with E-state index in [-0.39, 0.29) is 29.5 Å². The Bertz CT molecular complexity index is 1530. The number of nitriles is 1. The first-order valence-corrected chi connectivity index (χ1v) is 16.4. The smallest absolute Gasteiger partial charge is 0.344 e. The highest BCUT2D eigenvalue weighted by atomic mass is 19.3. The number of likely N-dealkylation sites (N-methyl/N-ethyl adjacent to an activating group) is 1. The SMILES string of the molecule is CCC(=O)NC(C(=O)N1CCN(C)CC1)C(C)c1ccc(NC(=O)C(NC(=O)C(F)(F)c2cccc(C#N)c2)C2CCCCC2)c(F)c1. The number of nitrogens with zero attached hydrogens (tertiary/aromatic N) is 3. The molecule has 1 saturated carbocycles. The zero-order valence-corrected chi connectivity index (χ0v) is 27.5. The average Bonchev–Trinajstić information content (AvgIpc) is 3.10. The Labute approximate surface area is 279 Å². The molecule has 0 radical (unpaired) electrons. The molecule has 2 fully saturated rings. The minimum Gasteiger partial charge on any atom is -0.344 e. The molecule has 3 unspecified atom stereocenters. The Hall–Kier alpha value is -4.44. The summed E-state index contributed by atoms with van der Waals surface area (Å²) in [5.74, 6) is -9.05. The number of anilines is 1. The van der Waals surface area contributed by atoms with Gasteiger partial charge in [0.25, 0.3) is 5.91 Å². The maximum atomic E-state index is 15.6. The van der Waals surface area contributed by atoms with E-state index in [9.17, 15) is 19.2 Å². The minimum atomic E-state index is -4.03. The van der Waals surface area contributed by atoms with E-state index in [0.29, 0.717) is 44.6 Å². The van der Waals surface area contributed by atoms with Crippen LogP contribution in [0.15, 0.2) is 42.5 Å². The van der Waals surface area contributed by atoms with Crippen molar-refractivity contribution in [2.75, 3.05) is 38.5 Å². The Balaban J connectivity index is 1.53. The first-order chi connectivity index (χ1) is 22.8. The number of nitrogens with one attached hydrogen (secondary N) is 3. The van der Waals surface area contributed by atoms with E-state index in [4.69, 9.17) is 5.26 Å². The summed E-state index contributed by atoms with van der Waals surface area (Å²) in [6.45, 7) is 5.75. The number of amides is 4. The van der Waals surface area contributed by atoms with Gasteiger partial charge in [-0.15, -0.1) is 0 Å². The monoisotopic (exact) mass is 668 g/mol. The fourth-order valence-electron chi connectivity index (χ4n) is 6.23. The largest absolute Gasteiger partial charge is 0.349 e. The molecular formula is C35H43F3N6O4. The van der Waals surface area contributed by atoms with Crippen LogP contribution in [-0.2, 0) is 25.1 Å². The average molecular weight is 669 g/mol. The molecule has 0 aromatic heterocycles. The van der Waals surface area contributed by atoms with Gasteiger partial charge in [0.1, 0.15) is 17.9 Å². The van der Waals surface area contributed by atoms with Crippen LogP contribution in [0.5, 0.6) is 0 Å². The van der Waals surface area contributed by atoms with Crippen molar-refractivity contribution in [2.24, 2.45) is 5.92 Å². The van der Waals surface area contributed by atoms with Gasteiger partial charge < -0.3 is 25.8 Å². The molecule has 4 rings (SSSR count). The highest BCUT2D eigenvalue weighted by Gasteiger charge is 2.44. The third-order valence-corrected chi connectivity index (χ3v) is 9.33. The van der Waals surface area contributed by atoms with Crippen LogP contribution in [0.3, 0.4) is 0 Å². The van der Waals surface area contributed by atoms with Crippen molar-refractivity contribution in [3.63, 3.8) is 0 Å². The second-order valence-corrected chi connectivity index (χ2v) is 12.7. The molecule has 2 aliphatic rings. The molecule has 13 heteroatoms. The molecule has 0 spiro atoms. The first kappa shape index (κ1) is 36.4. The van der Waals surface area contributed by atoms with Crippen LogP contribution in [0.25, 0.3) is 0 Å². The maximum absolute atomic E-state index is 15.6. The van der Waals surface area contributed by atoms with Gasteiger partial charge in [-0.2, -0.15) is 14.0 Å². The molecule has 2 aromatic rings. The second kappa shape index (κ2) is 16.1. The van der Waals surface area contributed by atoms with Gasteiger partial charge in [-0.3, -0.25) is 19.2 Å². The number of benzene rings is 2. The second-order valence-electron chi connectivity index (χ2n) is 12.7. The molecule has 3 atom stereocenters. The molecule has 2 aromatic carbocycles. The number of piperazine rings is 1. The zero-order chi connectivity index (χ0) is 35.0. The van der Waals surface area contributed by atoms with Crippen LogP contribution >= 0.6 is 0 Å². The third-order valence-electron chi connectivity index (χ3n) is 9.33. The Kier molecular flexibility index (Phi) is 12.2. The number of rotatable bonds is 11. The summed E-state index contributed by atoms with van der Waals surface area (Å²) in [6.07, 6.45) is 3.58. The summed E-state index contributed by atoms with van der Waals surface area (Å²) in [6, 6.07) is 8.03. The van der Waals surface area contributed by atoms with Crippen molar-refractivity contribution < 1.29 is 32.3 Å². The number of alkyl halides is 2. The molecule has 1 heterocycles. The summed E-state index contributed by atoms with van der Waals surface area (Å²) in [4.78, 5) is 56.2. The van der Waals surface area contributed by atoms with Crippen molar-refractivity contribution in [1.82, 2.24) is 20.4 Å². The molecule has 48 heavy (non-hydrogen) atoms. The quantitative estimate of drug-likeness (QED) is 0.328. The van der Waals surface area contributed by atoms with Crippen LogP contribution < -0.4 is 16.0 Å². The van der Waals surface area contributed by atoms with Crippen molar-refractivity contribution in [2.45, 2.75) is 76.3 Å². The van der Waals surface area contributed by atoms with Crippen LogP contribution in [0, 0.1) is 23.1 Å². The fourth-order valence-corrected chi connectivity index (χ4v) is 6.23. The molecule has 4 amide bonds. The summed E-state index contributed by atoms with van der Waals surface area (Å²) < 4.78 is 46.1. The number of hydrogen-bond acceptors (Lipinski definition) is 6. The van der Waals surface area contributed by atoms with Crippen molar-refractivity contribution in [3.8, 4) is 6.07 Å². The normalized spacial score (nSPS) is 17.8. The van der Waals surface area contributed by atoms with Crippen LogP contribution in [-0.4, -0.2) is 78.7 Å². The van der Waals surface area contributed by atoms with E-state index >= 15 is 13.2 Å². The molecule has 3 N–H and O–H groups in total. The lowest BCUT2D eigenvalue weighted by Gasteiger charge is -2.36. The van der Waals surface area contributed by atoms with Gasteiger partial charge in [0.2, 0.25) is 17.7 Å². The lowest BCUT2D eigenvalue weighted by molar-refractivity contribution is -0.149. The molecule has 258 valence electrons. The van der Waals surface area contributed by atoms with Crippen LogP contribution in [0.1, 0.15) is 75.0 Å². The highest BCUT2D eigenvalue weighted by molar-refractivity contribution is 5.98. The lowest BCUT2D eigenvalue weighted by Crippen LogP contribution is -2.55. The van der Waals surface area contributed by atoms with Crippen molar-refractivity contribution in [1.29, 1.82) is 5.26 Å². The molecule has 0 bridgehead atoms. The van der Waals surface area contributed by atoms with Gasteiger partial charge in [0, 0.05) is 44.1 Å². The Morgan fingerprint density at radius 2 is 1.69 bits per heavy atom. The van der Waals surface area contributed by atoms with Gasteiger partial charge in [-0.1, -0.05) is 51.3 Å². The van der Waals surface area contributed by atoms with Gasteiger partial charge >= 0.3 is 5.92 Å². The van der Waals surface area contributed by atoms with E-state index in [1.165, 1.54) is 30.3 Å². The number of carbonyl (C=O) groups is 4. The highest BCUT2D eigenvalue weighted by Crippen LogP contribution is 2.32. The predicted molar refractivity (Wildman–Crippen MR) is 173 cm³/mol. The Morgan fingerprint density at radius 1 is 1.00 bits per heavy atom. The standard InChI is InChI=1S/C35H43F3N6O4/c1-4-29(45)41-30(33(47)44-17-15-43(3)16-18-44)22(2)25-13-14-28(27(36)20-25)40-32(46)31(24-10-6-5-7-11-24)42-34(48)35(37,38)26-12-8-9-23(19-26)21-39/h8-9,12-14,19-20,22,24,30-31H,4-7,10-11,15-18H2,1-3H3,(H,40,46)(H,41,45)(H,42,48). The lowest BCUT2D eigenvalue weighted by atomic mass is 9.83. The number of halogens is 3. The first-order valence-electron chi connectivity index (χ1n) is 16.4. The summed E-state index contributed by atoms with van der Waals surface area (Å²) in [5.41, 5.74) is -0.542. The summed E-state index contributed by atoms with van der Waals surface area (Å²) in [7, 11) is 1.96. The van der Waals surface area contributed by atoms with Crippen molar-refractivity contribution >= 4 is 29.3 Å². The van der Waals surface area contributed by atoms with Crippen LogP contribution in [0.4, 0.5) is 18.9 Å². The summed E-state index contributed by atoms with van der Waals surface area (Å²) in [5, 5.41) is 16.6. The number of carbonyl (C=O) groups excluding carboxylic acids is 4. The molecular weight excluding hydrogens is 625 g/mol. The molecule has 1 saturated heterocycles. The molecule has 1 aliphatic carbocycles. The van der Waals surface area contributed by atoms with Gasteiger partial charge in [-0.25, -0.2) is 4.39 Å². The molecule has 10 nitrogen and oxygen atoms in total.